The topological polar surface area (TPSA) is 97.0 Å². The predicted octanol–water partition coefficient (Wildman–Crippen LogP) is 4.59. The summed E-state index contributed by atoms with van der Waals surface area (Å²) < 4.78 is 11.4. The van der Waals surface area contributed by atoms with E-state index < -0.39 is 11.8 Å². The number of ether oxygens (including phenoxy) is 2. The van der Waals surface area contributed by atoms with Crippen LogP contribution < -0.4 is 25.2 Å². The molecule has 0 aromatic heterocycles. The van der Waals surface area contributed by atoms with Gasteiger partial charge in [0.15, 0.2) is 18.1 Å². The van der Waals surface area contributed by atoms with Crippen molar-refractivity contribution in [2.45, 2.75) is 0 Å². The first kappa shape index (κ1) is 24.3. The minimum atomic E-state index is -0.557. The second-order valence-electron chi connectivity index (χ2n) is 7.30. The lowest BCUT2D eigenvalue weighted by molar-refractivity contribution is -0.118. The van der Waals surface area contributed by atoms with Gasteiger partial charge in [0, 0.05) is 10.2 Å². The van der Waals surface area contributed by atoms with Crippen molar-refractivity contribution in [1.29, 1.82) is 0 Å². The Morgan fingerprint density at radius 3 is 2.43 bits per heavy atom. The molecular weight excluding hydrogens is 538 g/mol. The molecule has 0 bridgehead atoms. The monoisotopic (exact) mass is 555 g/mol. The van der Waals surface area contributed by atoms with Crippen LogP contribution in [0.4, 0.5) is 11.4 Å². The smallest absolute Gasteiger partial charge is 0.282 e. The van der Waals surface area contributed by atoms with Crippen LogP contribution in [0.25, 0.3) is 6.08 Å². The second-order valence-corrected chi connectivity index (χ2v) is 8.47. The van der Waals surface area contributed by atoms with Gasteiger partial charge in [-0.25, -0.2) is 5.01 Å². The highest BCUT2D eigenvalue weighted by Crippen LogP contribution is 2.43. The van der Waals surface area contributed by atoms with Gasteiger partial charge in [-0.15, -0.1) is 0 Å². The van der Waals surface area contributed by atoms with E-state index in [4.69, 9.17) is 21.1 Å². The van der Waals surface area contributed by atoms with Crippen LogP contribution in [0.2, 0.25) is 5.02 Å². The molecule has 0 radical (unpaired) electrons. The number of amides is 3. The van der Waals surface area contributed by atoms with E-state index in [2.05, 4.69) is 26.7 Å². The van der Waals surface area contributed by atoms with Crippen molar-refractivity contribution in [2.75, 3.05) is 24.0 Å². The number of carbonyl (C=O) groups excluding carboxylic acids is 3. The van der Waals surface area contributed by atoms with Gasteiger partial charge in [-0.05, 0) is 57.9 Å². The lowest BCUT2D eigenvalue weighted by atomic mass is 10.1. The van der Waals surface area contributed by atoms with E-state index in [1.807, 2.05) is 12.1 Å². The largest absolute Gasteiger partial charge is 0.493 e. The Hall–Kier alpha value is -3.82. The second kappa shape index (κ2) is 10.6. The van der Waals surface area contributed by atoms with Crippen LogP contribution in [0.1, 0.15) is 5.56 Å². The number of hydrogen-bond donors (Lipinski definition) is 2. The zero-order valence-electron chi connectivity index (χ0n) is 18.4. The SMILES string of the molecule is COc1cc(/C=C2/C(=O)NN(c3ccccc3)C2=O)c(Br)c(Cl)c1OCC(=O)Nc1ccccc1. The Kier molecular flexibility index (Phi) is 7.38. The van der Waals surface area contributed by atoms with Crippen molar-refractivity contribution in [3.05, 3.63) is 87.4 Å². The van der Waals surface area contributed by atoms with Gasteiger partial charge in [0.25, 0.3) is 17.7 Å². The molecule has 178 valence electrons. The molecule has 35 heavy (non-hydrogen) atoms. The molecule has 0 aliphatic carbocycles. The Labute approximate surface area is 214 Å². The van der Waals surface area contributed by atoms with E-state index in [-0.39, 0.29) is 34.6 Å². The molecular formula is C25H19BrClN3O5. The number of methoxy groups -OCH3 is 1. The molecule has 3 aromatic carbocycles. The molecule has 1 heterocycles. The molecule has 1 saturated heterocycles. The molecule has 10 heteroatoms. The maximum atomic E-state index is 12.9. The van der Waals surface area contributed by atoms with Gasteiger partial charge in [0.1, 0.15) is 10.6 Å². The molecule has 0 unspecified atom stereocenters. The van der Waals surface area contributed by atoms with E-state index in [9.17, 15) is 14.4 Å². The van der Waals surface area contributed by atoms with Crippen LogP contribution in [-0.4, -0.2) is 31.4 Å². The number of nitrogens with zero attached hydrogens (tertiary/aromatic N) is 1. The highest BCUT2D eigenvalue weighted by molar-refractivity contribution is 9.10. The molecule has 3 amide bonds. The third kappa shape index (κ3) is 5.31. The van der Waals surface area contributed by atoms with Gasteiger partial charge in [0.05, 0.1) is 12.8 Å². The Morgan fingerprint density at radius 2 is 1.77 bits per heavy atom. The maximum Gasteiger partial charge on any atom is 0.282 e. The van der Waals surface area contributed by atoms with Gasteiger partial charge >= 0.3 is 0 Å². The lowest BCUT2D eigenvalue weighted by Gasteiger charge is -2.15. The summed E-state index contributed by atoms with van der Waals surface area (Å²) in [6, 6.07) is 19.2. The first-order valence-corrected chi connectivity index (χ1v) is 11.5. The number of nitrogens with one attached hydrogen (secondary N) is 2. The summed E-state index contributed by atoms with van der Waals surface area (Å²) in [7, 11) is 1.41. The molecule has 1 aliphatic heterocycles. The standard InChI is InChI=1S/C25H19BrClN3O5/c1-34-19-13-15(12-18-24(32)29-30(25(18)33)17-10-6-3-7-11-17)21(26)22(27)23(19)35-14-20(31)28-16-8-4-2-5-9-16/h2-13H,14H2,1H3,(H,28,31)(H,29,32)/b18-12-. The number of anilines is 2. The van der Waals surface area contributed by atoms with Crippen LogP contribution >= 0.6 is 27.5 Å². The molecule has 8 nitrogen and oxygen atoms in total. The van der Waals surface area contributed by atoms with Crippen LogP contribution in [-0.2, 0) is 14.4 Å². The minimum Gasteiger partial charge on any atom is -0.493 e. The molecule has 2 N–H and O–H groups in total. The molecule has 1 aliphatic rings. The molecule has 0 atom stereocenters. The fourth-order valence-electron chi connectivity index (χ4n) is 3.32. The summed E-state index contributed by atoms with van der Waals surface area (Å²) >= 11 is 9.89. The lowest BCUT2D eigenvalue weighted by Crippen LogP contribution is -2.35. The van der Waals surface area contributed by atoms with Crippen LogP contribution in [0.15, 0.2) is 76.8 Å². The van der Waals surface area contributed by atoms with E-state index in [0.29, 0.717) is 21.4 Å². The highest BCUT2D eigenvalue weighted by atomic mass is 79.9. The molecule has 0 spiro atoms. The zero-order valence-corrected chi connectivity index (χ0v) is 20.7. The predicted molar refractivity (Wildman–Crippen MR) is 136 cm³/mol. The van der Waals surface area contributed by atoms with Crippen LogP contribution in [0.5, 0.6) is 11.5 Å². The van der Waals surface area contributed by atoms with Crippen molar-refractivity contribution < 1.29 is 23.9 Å². The van der Waals surface area contributed by atoms with Crippen molar-refractivity contribution in [3.63, 3.8) is 0 Å². The molecule has 0 saturated carbocycles. The Morgan fingerprint density at radius 1 is 1.11 bits per heavy atom. The van der Waals surface area contributed by atoms with Crippen molar-refractivity contribution in [3.8, 4) is 11.5 Å². The van der Waals surface area contributed by atoms with Gasteiger partial charge in [0.2, 0.25) is 0 Å². The van der Waals surface area contributed by atoms with E-state index in [0.717, 1.165) is 0 Å². The molecule has 1 fully saturated rings. The van der Waals surface area contributed by atoms with Gasteiger partial charge in [-0.1, -0.05) is 48.0 Å². The summed E-state index contributed by atoms with van der Waals surface area (Å²) in [6.45, 7) is -0.315. The number of hydrogen-bond acceptors (Lipinski definition) is 5. The average molecular weight is 557 g/mol. The molecule has 3 aromatic rings. The summed E-state index contributed by atoms with van der Waals surface area (Å²) in [5.74, 6) is -1.09. The third-order valence-electron chi connectivity index (χ3n) is 4.99. The highest BCUT2D eigenvalue weighted by Gasteiger charge is 2.34. The summed E-state index contributed by atoms with van der Waals surface area (Å²) in [4.78, 5) is 37.7. The van der Waals surface area contributed by atoms with Crippen molar-refractivity contribution in [1.82, 2.24) is 5.43 Å². The van der Waals surface area contributed by atoms with Gasteiger partial charge in [-0.2, -0.15) is 0 Å². The quantitative estimate of drug-likeness (QED) is 0.328. The van der Waals surface area contributed by atoms with E-state index >= 15 is 0 Å². The zero-order chi connectivity index (χ0) is 24.9. The third-order valence-corrected chi connectivity index (χ3v) is 6.43. The number of halogens is 2. The Bertz CT molecular complexity index is 1320. The number of benzene rings is 3. The fraction of sp³-hybridized carbons (Fsp3) is 0.0800. The van der Waals surface area contributed by atoms with Gasteiger partial charge < -0.3 is 14.8 Å². The van der Waals surface area contributed by atoms with Crippen LogP contribution in [0, 0.1) is 0 Å². The number of rotatable bonds is 7. The van der Waals surface area contributed by atoms with Crippen molar-refractivity contribution >= 4 is 62.7 Å². The first-order valence-electron chi connectivity index (χ1n) is 10.3. The number of hydrazine groups is 1. The average Bonchev–Trinajstić information content (AvgIpc) is 3.15. The minimum absolute atomic E-state index is 0.0800. The maximum absolute atomic E-state index is 12.9. The van der Waals surface area contributed by atoms with Crippen LogP contribution in [0.3, 0.4) is 0 Å². The van der Waals surface area contributed by atoms with Crippen molar-refractivity contribution in [2.24, 2.45) is 0 Å². The Balaban J connectivity index is 1.56. The van der Waals surface area contributed by atoms with E-state index in [1.165, 1.54) is 18.2 Å². The normalized spacial score (nSPS) is 14.1. The summed E-state index contributed by atoms with van der Waals surface area (Å²) in [5.41, 5.74) is 4.04. The fourth-order valence-corrected chi connectivity index (χ4v) is 3.99. The number of carbonyl (C=O) groups is 3. The number of para-hydroxylation sites is 2. The first-order chi connectivity index (χ1) is 16.9. The van der Waals surface area contributed by atoms with E-state index in [1.54, 1.807) is 54.6 Å². The molecule has 4 rings (SSSR count). The van der Waals surface area contributed by atoms with Gasteiger partial charge in [-0.3, -0.25) is 19.8 Å². The summed E-state index contributed by atoms with van der Waals surface area (Å²) in [5, 5.41) is 4.01. The summed E-state index contributed by atoms with van der Waals surface area (Å²) in [6.07, 6.45) is 1.41.